The molecule has 3 rings (SSSR count). The Bertz CT molecular complexity index is 748. The highest BCUT2D eigenvalue weighted by Gasteiger charge is 2.32. The first kappa shape index (κ1) is 17.1. The van der Waals surface area contributed by atoms with Gasteiger partial charge in [-0.05, 0) is 24.1 Å². The third kappa shape index (κ3) is 4.23. The van der Waals surface area contributed by atoms with Crippen molar-refractivity contribution in [1.29, 1.82) is 0 Å². The van der Waals surface area contributed by atoms with Gasteiger partial charge in [-0.25, -0.2) is 4.39 Å². The predicted octanol–water partition coefficient (Wildman–Crippen LogP) is 2.21. The van der Waals surface area contributed by atoms with Crippen molar-refractivity contribution in [3.05, 3.63) is 53.7 Å². The summed E-state index contributed by atoms with van der Waals surface area (Å²) in [5.74, 6) is -0.0285. The third-order valence-corrected chi connectivity index (χ3v) is 4.37. The number of halogens is 1. The van der Waals surface area contributed by atoms with Gasteiger partial charge in [0, 0.05) is 32.6 Å². The second-order valence-corrected chi connectivity index (χ2v) is 6.31. The minimum atomic E-state index is -0.332. The summed E-state index contributed by atoms with van der Waals surface area (Å²) < 4.78 is 18.4. The number of nitrogens with zero attached hydrogens (tertiary/aromatic N) is 3. The maximum atomic E-state index is 13.3. The van der Waals surface area contributed by atoms with Crippen molar-refractivity contribution in [2.45, 2.75) is 25.9 Å². The molecule has 0 unspecified atom stereocenters. The van der Waals surface area contributed by atoms with Crippen LogP contribution in [0.25, 0.3) is 0 Å². The topological polar surface area (TPSA) is 66.7 Å². The fourth-order valence-corrected chi connectivity index (χ4v) is 3.07. The van der Waals surface area contributed by atoms with Crippen molar-refractivity contribution in [2.75, 3.05) is 13.6 Å². The molecule has 25 heavy (non-hydrogen) atoms. The van der Waals surface area contributed by atoms with Gasteiger partial charge in [0.25, 0.3) is 0 Å². The van der Waals surface area contributed by atoms with Crippen LogP contribution in [0.3, 0.4) is 0 Å². The van der Waals surface area contributed by atoms with E-state index >= 15 is 0 Å². The SMILES string of the molecule is CN(Cc1ccno1)C(=O)[C@@H]1CCC(=O)N(Cc2cccc(F)c2)C1. The standard InChI is InChI=1S/C18H20FN3O3/c1-21(12-16-7-8-20-25-16)18(24)14-5-6-17(23)22(11-14)10-13-3-2-4-15(19)9-13/h2-4,7-9,14H,5-6,10-12H2,1H3/t14-/m1/s1. The van der Waals surface area contributed by atoms with E-state index in [2.05, 4.69) is 5.16 Å². The van der Waals surface area contributed by atoms with E-state index in [4.69, 9.17) is 4.52 Å². The lowest BCUT2D eigenvalue weighted by atomic mass is 9.95. The zero-order valence-corrected chi connectivity index (χ0v) is 14.0. The molecule has 0 radical (unpaired) electrons. The molecular weight excluding hydrogens is 325 g/mol. The lowest BCUT2D eigenvalue weighted by Crippen LogP contribution is -2.45. The maximum absolute atomic E-state index is 13.3. The first-order chi connectivity index (χ1) is 12.0. The summed E-state index contributed by atoms with van der Waals surface area (Å²) in [7, 11) is 1.71. The first-order valence-electron chi connectivity index (χ1n) is 8.19. The monoisotopic (exact) mass is 345 g/mol. The highest BCUT2D eigenvalue weighted by molar-refractivity contribution is 5.83. The quantitative estimate of drug-likeness (QED) is 0.833. The molecule has 2 aromatic rings. The van der Waals surface area contributed by atoms with Gasteiger partial charge in [-0.3, -0.25) is 9.59 Å². The van der Waals surface area contributed by atoms with Crippen LogP contribution in [0.15, 0.2) is 41.1 Å². The number of aromatic nitrogens is 1. The van der Waals surface area contributed by atoms with Crippen molar-refractivity contribution in [1.82, 2.24) is 15.0 Å². The summed E-state index contributed by atoms with van der Waals surface area (Å²) >= 11 is 0. The van der Waals surface area contributed by atoms with E-state index in [1.807, 2.05) is 0 Å². The number of rotatable bonds is 5. The summed E-state index contributed by atoms with van der Waals surface area (Å²) in [5.41, 5.74) is 0.719. The number of carbonyl (C=O) groups excluding carboxylic acids is 2. The van der Waals surface area contributed by atoms with Gasteiger partial charge >= 0.3 is 0 Å². The van der Waals surface area contributed by atoms with Gasteiger partial charge in [0.2, 0.25) is 11.8 Å². The number of piperidine rings is 1. The van der Waals surface area contributed by atoms with Crippen LogP contribution in [-0.2, 0) is 22.7 Å². The molecule has 1 aliphatic heterocycles. The Morgan fingerprint density at radius 2 is 2.28 bits per heavy atom. The molecule has 0 bridgehead atoms. The van der Waals surface area contributed by atoms with Gasteiger partial charge in [-0.1, -0.05) is 17.3 Å². The summed E-state index contributed by atoms with van der Waals surface area (Å²) in [6.45, 7) is 0.994. The van der Waals surface area contributed by atoms with Crippen molar-refractivity contribution in [2.24, 2.45) is 5.92 Å². The van der Waals surface area contributed by atoms with E-state index in [0.717, 1.165) is 5.56 Å². The number of benzene rings is 1. The van der Waals surface area contributed by atoms with Crippen LogP contribution in [0, 0.1) is 11.7 Å². The van der Waals surface area contributed by atoms with Gasteiger partial charge < -0.3 is 14.3 Å². The average Bonchev–Trinajstić information content (AvgIpc) is 3.09. The molecule has 1 aromatic heterocycles. The van der Waals surface area contributed by atoms with Gasteiger partial charge in [-0.15, -0.1) is 0 Å². The molecule has 0 saturated carbocycles. The predicted molar refractivity (Wildman–Crippen MR) is 87.5 cm³/mol. The Morgan fingerprint density at radius 1 is 1.44 bits per heavy atom. The number of carbonyl (C=O) groups is 2. The fourth-order valence-electron chi connectivity index (χ4n) is 3.07. The Morgan fingerprint density at radius 3 is 3.00 bits per heavy atom. The van der Waals surface area contributed by atoms with Crippen LogP contribution < -0.4 is 0 Å². The second-order valence-electron chi connectivity index (χ2n) is 6.31. The van der Waals surface area contributed by atoms with E-state index in [1.54, 1.807) is 35.0 Å². The van der Waals surface area contributed by atoms with Crippen LogP contribution in [0.5, 0.6) is 0 Å². The Balaban J connectivity index is 1.63. The van der Waals surface area contributed by atoms with Gasteiger partial charge in [0.05, 0.1) is 18.7 Å². The molecule has 7 heteroatoms. The minimum Gasteiger partial charge on any atom is -0.360 e. The smallest absolute Gasteiger partial charge is 0.227 e. The molecule has 2 heterocycles. The Hall–Kier alpha value is -2.70. The van der Waals surface area contributed by atoms with Crippen molar-refractivity contribution < 1.29 is 18.5 Å². The molecule has 6 nitrogen and oxygen atoms in total. The lowest BCUT2D eigenvalue weighted by Gasteiger charge is -2.33. The number of hydrogen-bond donors (Lipinski definition) is 0. The van der Waals surface area contributed by atoms with E-state index in [-0.39, 0.29) is 23.5 Å². The second kappa shape index (κ2) is 7.46. The van der Waals surface area contributed by atoms with Gasteiger partial charge in [-0.2, -0.15) is 0 Å². The molecule has 0 spiro atoms. The molecule has 2 amide bonds. The van der Waals surface area contributed by atoms with E-state index < -0.39 is 0 Å². The number of hydrogen-bond acceptors (Lipinski definition) is 4. The van der Waals surface area contributed by atoms with Crippen LogP contribution in [0.1, 0.15) is 24.2 Å². The van der Waals surface area contributed by atoms with Crippen LogP contribution in [0.2, 0.25) is 0 Å². The van der Waals surface area contributed by atoms with E-state index in [9.17, 15) is 14.0 Å². The maximum Gasteiger partial charge on any atom is 0.227 e. The Kier molecular flexibility index (Phi) is 5.11. The fraction of sp³-hybridized carbons (Fsp3) is 0.389. The summed E-state index contributed by atoms with van der Waals surface area (Å²) in [4.78, 5) is 28.0. The highest BCUT2D eigenvalue weighted by Crippen LogP contribution is 2.22. The zero-order valence-electron chi connectivity index (χ0n) is 14.0. The number of likely N-dealkylation sites (tertiary alicyclic amines) is 1. The molecule has 1 fully saturated rings. The van der Waals surface area contributed by atoms with Gasteiger partial charge in [0.15, 0.2) is 5.76 Å². The molecule has 1 atom stereocenters. The minimum absolute atomic E-state index is 0.00815. The third-order valence-electron chi connectivity index (χ3n) is 4.37. The number of amides is 2. The van der Waals surface area contributed by atoms with Crippen molar-refractivity contribution in [3.8, 4) is 0 Å². The molecule has 0 aliphatic carbocycles. The largest absolute Gasteiger partial charge is 0.360 e. The summed E-state index contributed by atoms with van der Waals surface area (Å²) in [5, 5.41) is 3.63. The molecule has 132 valence electrons. The highest BCUT2D eigenvalue weighted by atomic mass is 19.1. The molecule has 1 aliphatic rings. The zero-order chi connectivity index (χ0) is 17.8. The summed E-state index contributed by atoms with van der Waals surface area (Å²) in [6.07, 6.45) is 2.38. The summed E-state index contributed by atoms with van der Waals surface area (Å²) in [6, 6.07) is 7.89. The van der Waals surface area contributed by atoms with Crippen LogP contribution in [0.4, 0.5) is 4.39 Å². The molecule has 1 aromatic carbocycles. The van der Waals surface area contributed by atoms with Crippen molar-refractivity contribution in [3.63, 3.8) is 0 Å². The normalized spacial score (nSPS) is 17.6. The molecule has 1 saturated heterocycles. The molecule has 0 N–H and O–H groups in total. The van der Waals surface area contributed by atoms with Crippen molar-refractivity contribution >= 4 is 11.8 Å². The van der Waals surface area contributed by atoms with Gasteiger partial charge in [0.1, 0.15) is 5.82 Å². The van der Waals surface area contributed by atoms with Crippen LogP contribution >= 0.6 is 0 Å². The van der Waals surface area contributed by atoms with Crippen LogP contribution in [-0.4, -0.2) is 40.4 Å². The first-order valence-corrected chi connectivity index (χ1v) is 8.19. The average molecular weight is 345 g/mol. The van der Waals surface area contributed by atoms with E-state index in [1.165, 1.54) is 18.3 Å². The van der Waals surface area contributed by atoms with E-state index in [0.29, 0.717) is 38.2 Å². The Labute approximate surface area is 145 Å². The lowest BCUT2D eigenvalue weighted by molar-refractivity contribution is -0.143. The molecular formula is C18H20FN3O3.